The maximum absolute atomic E-state index is 13.0. The number of benzene rings is 3. The summed E-state index contributed by atoms with van der Waals surface area (Å²) in [5.41, 5.74) is 2.45. The van der Waals surface area contributed by atoms with Gasteiger partial charge in [0, 0.05) is 44.4 Å². The van der Waals surface area contributed by atoms with Crippen molar-refractivity contribution >= 4 is 22.6 Å². The predicted molar refractivity (Wildman–Crippen MR) is 147 cm³/mol. The van der Waals surface area contributed by atoms with Crippen molar-refractivity contribution in [3.05, 3.63) is 94.6 Å². The third kappa shape index (κ3) is 5.52. The second kappa shape index (κ2) is 11.3. The summed E-state index contributed by atoms with van der Waals surface area (Å²) in [6.07, 6.45) is 0.838. The molecule has 0 saturated carbocycles. The molecule has 1 aromatic heterocycles. The number of rotatable bonds is 8. The molecule has 2 heterocycles. The molecule has 37 heavy (non-hydrogen) atoms. The number of hydrogen-bond acceptors (Lipinski definition) is 6. The second-order valence-corrected chi connectivity index (χ2v) is 9.13. The van der Waals surface area contributed by atoms with Gasteiger partial charge in [0.05, 0.1) is 23.7 Å². The van der Waals surface area contributed by atoms with Gasteiger partial charge >= 0.3 is 0 Å². The number of carbonyl (C=O) groups excluding carboxylic acids is 1. The molecule has 0 aliphatic carbocycles. The SMILES string of the molecule is COc1ccccc1N1CCN(CCCNC(=O)c2cccc3c(=O)cc(-c4ccccc4)oc23)CC1. The van der Waals surface area contributed by atoms with Gasteiger partial charge in [-0.25, -0.2) is 0 Å². The van der Waals surface area contributed by atoms with E-state index in [0.29, 0.717) is 28.8 Å². The lowest BCUT2D eigenvalue weighted by molar-refractivity contribution is 0.0952. The highest BCUT2D eigenvalue weighted by Crippen LogP contribution is 2.28. The molecule has 5 rings (SSSR count). The normalized spacial score (nSPS) is 14.0. The first-order chi connectivity index (χ1) is 18.1. The molecule has 0 unspecified atom stereocenters. The molecule has 3 aromatic carbocycles. The summed E-state index contributed by atoms with van der Waals surface area (Å²) in [7, 11) is 1.71. The van der Waals surface area contributed by atoms with Crippen LogP contribution in [0.5, 0.6) is 5.75 Å². The number of ether oxygens (including phenoxy) is 1. The first-order valence-electron chi connectivity index (χ1n) is 12.6. The minimum atomic E-state index is -0.236. The Kier molecular flexibility index (Phi) is 7.51. The lowest BCUT2D eigenvalue weighted by atomic mass is 10.1. The van der Waals surface area contributed by atoms with Gasteiger partial charge in [-0.1, -0.05) is 48.5 Å². The van der Waals surface area contributed by atoms with Crippen molar-refractivity contribution in [1.29, 1.82) is 0 Å². The molecule has 0 atom stereocenters. The van der Waals surface area contributed by atoms with Crippen LogP contribution in [0.25, 0.3) is 22.3 Å². The summed E-state index contributed by atoms with van der Waals surface area (Å²) >= 11 is 0. The number of nitrogens with one attached hydrogen (secondary N) is 1. The Morgan fingerprint density at radius 3 is 2.49 bits per heavy atom. The summed E-state index contributed by atoms with van der Waals surface area (Å²) < 4.78 is 11.6. The largest absolute Gasteiger partial charge is 0.495 e. The van der Waals surface area contributed by atoms with Crippen LogP contribution in [0.4, 0.5) is 5.69 Å². The van der Waals surface area contributed by atoms with Crippen LogP contribution in [-0.2, 0) is 0 Å². The Hall–Kier alpha value is -4.10. The number of carbonyl (C=O) groups is 1. The first-order valence-corrected chi connectivity index (χ1v) is 12.6. The first kappa shape index (κ1) is 24.6. The molecule has 190 valence electrons. The van der Waals surface area contributed by atoms with Crippen molar-refractivity contribution in [2.75, 3.05) is 51.3 Å². The molecule has 1 aliphatic heterocycles. The summed E-state index contributed by atoms with van der Waals surface area (Å²) in [5.74, 6) is 1.12. The number of nitrogens with zero attached hydrogens (tertiary/aromatic N) is 2. The zero-order valence-corrected chi connectivity index (χ0v) is 21.0. The summed E-state index contributed by atoms with van der Waals surface area (Å²) in [6, 6.07) is 24.1. The van der Waals surface area contributed by atoms with Gasteiger partial charge in [0.1, 0.15) is 11.5 Å². The van der Waals surface area contributed by atoms with E-state index in [2.05, 4.69) is 21.2 Å². The highest BCUT2D eigenvalue weighted by Gasteiger charge is 2.20. The molecule has 1 saturated heterocycles. The van der Waals surface area contributed by atoms with E-state index < -0.39 is 0 Å². The van der Waals surface area contributed by atoms with Crippen molar-refractivity contribution in [3.8, 4) is 17.1 Å². The van der Waals surface area contributed by atoms with E-state index in [1.165, 1.54) is 6.07 Å². The Morgan fingerprint density at radius 1 is 0.946 bits per heavy atom. The van der Waals surface area contributed by atoms with Crippen LogP contribution in [0, 0.1) is 0 Å². The molecule has 0 spiro atoms. The van der Waals surface area contributed by atoms with Gasteiger partial charge in [0.2, 0.25) is 0 Å². The Balaban J connectivity index is 1.17. The molecule has 1 N–H and O–H groups in total. The third-order valence-corrected chi connectivity index (χ3v) is 6.79. The number of piperazine rings is 1. The van der Waals surface area contributed by atoms with Crippen molar-refractivity contribution in [2.24, 2.45) is 0 Å². The Bertz CT molecular complexity index is 1430. The van der Waals surface area contributed by atoms with Crippen molar-refractivity contribution in [2.45, 2.75) is 6.42 Å². The topological polar surface area (TPSA) is 75.0 Å². The van der Waals surface area contributed by atoms with E-state index >= 15 is 0 Å². The fourth-order valence-corrected chi connectivity index (χ4v) is 4.80. The number of fused-ring (bicyclic) bond motifs is 1. The monoisotopic (exact) mass is 497 g/mol. The molecule has 1 amide bonds. The van der Waals surface area contributed by atoms with E-state index in [1.807, 2.05) is 48.5 Å². The van der Waals surface area contributed by atoms with Crippen LogP contribution in [0.15, 0.2) is 88.1 Å². The number of hydrogen-bond donors (Lipinski definition) is 1. The Morgan fingerprint density at radius 2 is 1.70 bits per heavy atom. The summed E-state index contributed by atoms with van der Waals surface area (Å²) in [4.78, 5) is 30.5. The van der Waals surface area contributed by atoms with Gasteiger partial charge in [-0.2, -0.15) is 0 Å². The number of anilines is 1. The maximum Gasteiger partial charge on any atom is 0.255 e. The predicted octanol–water partition coefficient (Wildman–Crippen LogP) is 4.41. The van der Waals surface area contributed by atoms with Gasteiger partial charge in [-0.05, 0) is 37.2 Å². The molecule has 0 radical (unpaired) electrons. The summed E-state index contributed by atoms with van der Waals surface area (Å²) in [5, 5.41) is 3.41. The van der Waals surface area contributed by atoms with Gasteiger partial charge in [-0.3, -0.25) is 14.5 Å². The fraction of sp³-hybridized carbons (Fsp3) is 0.267. The molecule has 1 aliphatic rings. The van der Waals surface area contributed by atoms with E-state index in [1.54, 1.807) is 25.3 Å². The fourth-order valence-electron chi connectivity index (χ4n) is 4.80. The number of para-hydroxylation sites is 3. The lowest BCUT2D eigenvalue weighted by Crippen LogP contribution is -2.47. The maximum atomic E-state index is 13.0. The molecular weight excluding hydrogens is 466 g/mol. The Labute approximate surface area is 216 Å². The van der Waals surface area contributed by atoms with Crippen molar-refractivity contribution in [3.63, 3.8) is 0 Å². The average molecular weight is 498 g/mol. The van der Waals surface area contributed by atoms with Crippen LogP contribution in [0.2, 0.25) is 0 Å². The highest BCUT2D eigenvalue weighted by atomic mass is 16.5. The molecule has 7 nitrogen and oxygen atoms in total. The van der Waals surface area contributed by atoms with Gasteiger partial charge in [0.25, 0.3) is 5.91 Å². The van der Waals surface area contributed by atoms with Gasteiger partial charge in [0.15, 0.2) is 11.0 Å². The summed E-state index contributed by atoms with van der Waals surface area (Å²) in [6.45, 7) is 5.25. The van der Waals surface area contributed by atoms with Crippen LogP contribution in [-0.4, -0.2) is 57.2 Å². The van der Waals surface area contributed by atoms with Gasteiger partial charge < -0.3 is 19.4 Å². The molecule has 4 aromatic rings. The molecule has 1 fully saturated rings. The standard InChI is InChI=1S/C30H31N3O4/c1-36-27-14-6-5-13-25(27)33-19-17-32(18-20-33)16-8-15-31-30(35)24-12-7-11-23-26(34)21-28(37-29(23)24)22-9-3-2-4-10-22/h2-7,9-14,21H,8,15-20H2,1H3,(H,31,35). The lowest BCUT2D eigenvalue weighted by Gasteiger charge is -2.36. The molecular formula is C30H31N3O4. The van der Waals surface area contributed by atoms with Crippen LogP contribution >= 0.6 is 0 Å². The van der Waals surface area contributed by atoms with E-state index in [4.69, 9.17) is 9.15 Å². The zero-order chi connectivity index (χ0) is 25.6. The van der Waals surface area contributed by atoms with E-state index in [0.717, 1.165) is 56.1 Å². The van der Waals surface area contributed by atoms with Crippen LogP contribution < -0.4 is 20.4 Å². The third-order valence-electron chi connectivity index (χ3n) is 6.79. The van der Waals surface area contributed by atoms with Crippen molar-refractivity contribution < 1.29 is 13.9 Å². The zero-order valence-electron chi connectivity index (χ0n) is 21.0. The van der Waals surface area contributed by atoms with Gasteiger partial charge in [-0.15, -0.1) is 0 Å². The number of methoxy groups -OCH3 is 1. The van der Waals surface area contributed by atoms with Crippen LogP contribution in [0.1, 0.15) is 16.8 Å². The molecule has 7 heteroatoms. The highest BCUT2D eigenvalue weighted by molar-refractivity contribution is 6.04. The average Bonchev–Trinajstić information content (AvgIpc) is 2.95. The smallest absolute Gasteiger partial charge is 0.255 e. The quantitative estimate of drug-likeness (QED) is 0.364. The van der Waals surface area contributed by atoms with Crippen LogP contribution in [0.3, 0.4) is 0 Å². The van der Waals surface area contributed by atoms with E-state index in [9.17, 15) is 9.59 Å². The second-order valence-electron chi connectivity index (χ2n) is 9.13. The van der Waals surface area contributed by atoms with E-state index in [-0.39, 0.29) is 11.3 Å². The number of amides is 1. The van der Waals surface area contributed by atoms with Crippen molar-refractivity contribution in [1.82, 2.24) is 10.2 Å². The minimum absolute atomic E-state index is 0.165. The molecule has 0 bridgehead atoms. The minimum Gasteiger partial charge on any atom is -0.495 e.